The predicted octanol–water partition coefficient (Wildman–Crippen LogP) is 1.58. The van der Waals surface area contributed by atoms with Gasteiger partial charge in [0.15, 0.2) is 0 Å². The van der Waals surface area contributed by atoms with E-state index in [9.17, 15) is 28.7 Å². The molecule has 0 fully saturated rings. The molecule has 0 heterocycles. The van der Waals surface area contributed by atoms with Crippen molar-refractivity contribution in [2.75, 3.05) is 0 Å². The van der Waals surface area contributed by atoms with Gasteiger partial charge in [0.05, 0.1) is 6.42 Å². The summed E-state index contributed by atoms with van der Waals surface area (Å²) < 4.78 is 19.0. The molecule has 0 radical (unpaired) electrons. The first kappa shape index (κ1) is 23.5. The van der Waals surface area contributed by atoms with E-state index in [4.69, 9.17) is 4.74 Å². The minimum absolute atomic E-state index is 0.0399. The van der Waals surface area contributed by atoms with Crippen LogP contribution in [0.2, 0.25) is 0 Å². The van der Waals surface area contributed by atoms with Crippen molar-refractivity contribution < 1.29 is 33.4 Å². The molecular formula is C22H23FN2O6. The molecule has 0 saturated heterocycles. The van der Waals surface area contributed by atoms with Gasteiger partial charge < -0.3 is 20.5 Å². The quantitative estimate of drug-likeness (QED) is 0.492. The Kier molecular flexibility index (Phi) is 8.68. The third kappa shape index (κ3) is 7.88. The van der Waals surface area contributed by atoms with Crippen molar-refractivity contribution in [1.29, 1.82) is 0 Å². The second-order valence-electron chi connectivity index (χ2n) is 6.80. The molecule has 2 aromatic carbocycles. The Labute approximate surface area is 178 Å². The topological polar surface area (TPSA) is 122 Å². The lowest BCUT2D eigenvalue weighted by Crippen LogP contribution is -2.52. The highest BCUT2D eigenvalue weighted by molar-refractivity contribution is 5.91. The Hall–Kier alpha value is -3.75. The van der Waals surface area contributed by atoms with Gasteiger partial charge in [0.2, 0.25) is 11.8 Å². The van der Waals surface area contributed by atoms with Crippen LogP contribution in [0.1, 0.15) is 24.5 Å². The lowest BCUT2D eigenvalue weighted by Gasteiger charge is -2.21. The van der Waals surface area contributed by atoms with Gasteiger partial charge in [0, 0.05) is 13.3 Å². The van der Waals surface area contributed by atoms with Crippen LogP contribution in [0.5, 0.6) is 0 Å². The molecule has 0 spiro atoms. The number of carbonyl (C=O) groups is 4. The number of benzene rings is 2. The first-order chi connectivity index (χ1) is 14.8. The van der Waals surface area contributed by atoms with E-state index in [-0.39, 0.29) is 18.6 Å². The third-order valence-electron chi connectivity index (χ3n) is 4.30. The van der Waals surface area contributed by atoms with Gasteiger partial charge in [-0.3, -0.25) is 14.4 Å². The minimum atomic E-state index is -1.58. The molecule has 31 heavy (non-hydrogen) atoms. The van der Waals surface area contributed by atoms with Crippen molar-refractivity contribution >= 4 is 23.8 Å². The van der Waals surface area contributed by atoms with Crippen LogP contribution in [0.4, 0.5) is 4.39 Å². The van der Waals surface area contributed by atoms with Crippen LogP contribution in [0, 0.1) is 5.82 Å². The normalized spacial score (nSPS) is 12.3. The average molecular weight is 430 g/mol. The maximum absolute atomic E-state index is 13.9. The summed E-state index contributed by atoms with van der Waals surface area (Å²) in [7, 11) is 0. The number of ether oxygens (including phenoxy) is 1. The lowest BCUT2D eigenvalue weighted by molar-refractivity contribution is -0.151. The van der Waals surface area contributed by atoms with E-state index >= 15 is 0 Å². The molecule has 8 nitrogen and oxygen atoms in total. The molecule has 0 aromatic heterocycles. The Morgan fingerprint density at radius 1 is 0.968 bits per heavy atom. The van der Waals surface area contributed by atoms with Crippen LogP contribution < -0.4 is 10.6 Å². The minimum Gasteiger partial charge on any atom is -0.480 e. The lowest BCUT2D eigenvalue weighted by atomic mass is 10.0. The van der Waals surface area contributed by atoms with E-state index in [1.165, 1.54) is 25.1 Å². The second kappa shape index (κ2) is 11.4. The van der Waals surface area contributed by atoms with E-state index in [1.807, 2.05) is 0 Å². The zero-order valence-electron chi connectivity index (χ0n) is 16.8. The van der Waals surface area contributed by atoms with Gasteiger partial charge >= 0.3 is 11.9 Å². The number of carbonyl (C=O) groups excluding carboxylic acids is 3. The van der Waals surface area contributed by atoms with Gasteiger partial charge in [-0.25, -0.2) is 9.18 Å². The summed E-state index contributed by atoms with van der Waals surface area (Å²) in [5, 5.41) is 14.0. The molecule has 0 aliphatic rings. The molecule has 3 N–H and O–H groups in total. The van der Waals surface area contributed by atoms with Crippen LogP contribution >= 0.6 is 0 Å². The van der Waals surface area contributed by atoms with Crippen LogP contribution in [-0.2, 0) is 36.9 Å². The summed E-state index contributed by atoms with van der Waals surface area (Å²) in [6.07, 6.45) is -0.802. The van der Waals surface area contributed by atoms with E-state index in [2.05, 4.69) is 10.6 Å². The van der Waals surface area contributed by atoms with Crippen molar-refractivity contribution in [2.24, 2.45) is 0 Å². The fourth-order valence-corrected chi connectivity index (χ4v) is 2.77. The fraction of sp³-hybridized carbons (Fsp3) is 0.273. The molecule has 0 aliphatic carbocycles. The van der Waals surface area contributed by atoms with Gasteiger partial charge in [-0.15, -0.1) is 0 Å². The third-order valence-corrected chi connectivity index (χ3v) is 4.30. The molecule has 0 saturated carbocycles. The largest absolute Gasteiger partial charge is 0.480 e. The maximum Gasteiger partial charge on any atom is 0.326 e. The van der Waals surface area contributed by atoms with Crippen molar-refractivity contribution in [3.8, 4) is 0 Å². The van der Waals surface area contributed by atoms with Gasteiger partial charge in [0.1, 0.15) is 24.5 Å². The van der Waals surface area contributed by atoms with Crippen LogP contribution in [0.15, 0.2) is 54.6 Å². The maximum atomic E-state index is 13.9. The summed E-state index contributed by atoms with van der Waals surface area (Å²) in [4.78, 5) is 47.7. The molecule has 2 atom stereocenters. The number of carboxylic acid groups (broad SMARTS) is 1. The van der Waals surface area contributed by atoms with Gasteiger partial charge in [-0.05, 0) is 17.2 Å². The highest BCUT2D eigenvalue weighted by Gasteiger charge is 2.29. The summed E-state index contributed by atoms with van der Waals surface area (Å²) >= 11 is 0. The van der Waals surface area contributed by atoms with Crippen LogP contribution in [0.25, 0.3) is 0 Å². The van der Waals surface area contributed by atoms with E-state index in [1.54, 1.807) is 36.4 Å². The molecular weight excluding hydrogens is 407 g/mol. The molecule has 2 amide bonds. The SMILES string of the molecule is CC(=O)N[C@@H](Cc1ccccc1F)C(=O)N[C@H](CC(=O)OCc1ccccc1)C(=O)O. The summed E-state index contributed by atoms with van der Waals surface area (Å²) in [6.45, 7) is 1.14. The molecule has 9 heteroatoms. The van der Waals surface area contributed by atoms with Gasteiger partial charge in [-0.2, -0.15) is 0 Å². The monoisotopic (exact) mass is 430 g/mol. The van der Waals surface area contributed by atoms with Gasteiger partial charge in [0.25, 0.3) is 0 Å². The predicted molar refractivity (Wildman–Crippen MR) is 108 cm³/mol. The zero-order chi connectivity index (χ0) is 22.8. The van der Waals surface area contributed by atoms with Crippen molar-refractivity contribution in [2.45, 2.75) is 38.5 Å². The Morgan fingerprint density at radius 2 is 1.61 bits per heavy atom. The number of amides is 2. The number of esters is 1. The molecule has 164 valence electrons. The first-order valence-corrected chi connectivity index (χ1v) is 9.49. The molecule has 0 aliphatic heterocycles. The smallest absolute Gasteiger partial charge is 0.326 e. The van der Waals surface area contributed by atoms with E-state index in [0.717, 1.165) is 5.56 Å². The Balaban J connectivity index is 2.01. The highest BCUT2D eigenvalue weighted by atomic mass is 19.1. The number of halogens is 1. The molecule has 2 aromatic rings. The number of rotatable bonds is 10. The zero-order valence-corrected chi connectivity index (χ0v) is 16.8. The summed E-state index contributed by atoms with van der Waals surface area (Å²) in [5.74, 6) is -4.24. The Morgan fingerprint density at radius 3 is 2.23 bits per heavy atom. The number of hydrogen-bond acceptors (Lipinski definition) is 5. The Bertz CT molecular complexity index is 935. The van der Waals surface area contributed by atoms with E-state index in [0.29, 0.717) is 0 Å². The number of aliphatic carboxylic acids is 1. The van der Waals surface area contributed by atoms with Crippen molar-refractivity contribution in [3.63, 3.8) is 0 Å². The van der Waals surface area contributed by atoms with Crippen LogP contribution in [-0.4, -0.2) is 40.9 Å². The number of nitrogens with one attached hydrogen (secondary N) is 2. The van der Waals surface area contributed by atoms with Crippen molar-refractivity contribution in [1.82, 2.24) is 10.6 Å². The summed E-state index contributed by atoms with van der Waals surface area (Å²) in [5.41, 5.74) is 0.896. The molecule has 2 rings (SSSR count). The van der Waals surface area contributed by atoms with Crippen molar-refractivity contribution in [3.05, 3.63) is 71.5 Å². The highest BCUT2D eigenvalue weighted by Crippen LogP contribution is 2.10. The first-order valence-electron chi connectivity index (χ1n) is 9.49. The molecule has 0 bridgehead atoms. The van der Waals surface area contributed by atoms with Gasteiger partial charge in [-0.1, -0.05) is 48.5 Å². The van der Waals surface area contributed by atoms with Crippen LogP contribution in [0.3, 0.4) is 0 Å². The number of hydrogen-bond donors (Lipinski definition) is 3. The number of carboxylic acids is 1. The summed E-state index contributed by atoms with van der Waals surface area (Å²) in [6, 6.07) is 11.7. The van der Waals surface area contributed by atoms with E-state index < -0.39 is 48.1 Å². The second-order valence-corrected chi connectivity index (χ2v) is 6.80. The standard InChI is InChI=1S/C22H23FN2O6/c1-14(26)24-18(11-16-9-5-6-10-17(16)23)21(28)25-19(22(29)30)12-20(27)31-13-15-7-3-2-4-8-15/h2-10,18-19H,11-13H2,1H3,(H,24,26)(H,25,28)(H,29,30)/t18-,19+/m0/s1. The molecule has 0 unspecified atom stereocenters. The fourth-order valence-electron chi connectivity index (χ4n) is 2.77. The average Bonchev–Trinajstić information content (AvgIpc) is 2.73.